The molecule has 114 valence electrons. The van der Waals surface area contributed by atoms with E-state index in [1.54, 1.807) is 0 Å². The van der Waals surface area contributed by atoms with Crippen molar-refractivity contribution in [2.75, 3.05) is 5.32 Å². The van der Waals surface area contributed by atoms with E-state index in [1.165, 1.54) is 28.5 Å². The minimum Gasteiger partial charge on any atom is -0.361 e. The van der Waals surface area contributed by atoms with Crippen LogP contribution in [0, 0.1) is 12.8 Å². The van der Waals surface area contributed by atoms with Crippen LogP contribution in [0.15, 0.2) is 48.7 Å². The lowest BCUT2D eigenvalue weighted by Crippen LogP contribution is -1.92. The molecule has 0 atom stereocenters. The molecular formula is C20H24N2. The molecule has 1 heterocycles. The van der Waals surface area contributed by atoms with Crippen molar-refractivity contribution in [1.82, 2.24) is 4.98 Å². The van der Waals surface area contributed by atoms with Gasteiger partial charge in [0.05, 0.1) is 0 Å². The molecule has 0 unspecified atom stereocenters. The van der Waals surface area contributed by atoms with Crippen molar-refractivity contribution in [3.05, 3.63) is 59.8 Å². The number of hydrogen-bond acceptors (Lipinski definition) is 1. The fourth-order valence-electron chi connectivity index (χ4n) is 2.71. The number of aryl methyl sites for hydroxylation is 2. The predicted octanol–water partition coefficient (Wildman–Crippen LogP) is 5.81. The first-order chi connectivity index (χ1) is 10.6. The Morgan fingerprint density at radius 3 is 2.45 bits per heavy atom. The lowest BCUT2D eigenvalue weighted by Gasteiger charge is -2.08. The van der Waals surface area contributed by atoms with Gasteiger partial charge >= 0.3 is 0 Å². The van der Waals surface area contributed by atoms with Crippen LogP contribution in [0.3, 0.4) is 0 Å². The molecule has 2 nitrogen and oxygen atoms in total. The van der Waals surface area contributed by atoms with Crippen LogP contribution in [0.5, 0.6) is 0 Å². The van der Waals surface area contributed by atoms with Gasteiger partial charge in [-0.15, -0.1) is 0 Å². The molecular weight excluding hydrogens is 268 g/mol. The predicted molar refractivity (Wildman–Crippen MR) is 95.9 cm³/mol. The number of hydrogen-bond donors (Lipinski definition) is 2. The molecule has 3 aromatic rings. The van der Waals surface area contributed by atoms with Gasteiger partial charge in [0.2, 0.25) is 0 Å². The average molecular weight is 292 g/mol. The number of nitrogens with one attached hydrogen (secondary N) is 2. The summed E-state index contributed by atoms with van der Waals surface area (Å²) in [6.07, 6.45) is 4.51. The van der Waals surface area contributed by atoms with Gasteiger partial charge in [0.1, 0.15) is 0 Å². The summed E-state index contributed by atoms with van der Waals surface area (Å²) in [5.41, 5.74) is 6.18. The van der Waals surface area contributed by atoms with E-state index in [-0.39, 0.29) is 0 Å². The topological polar surface area (TPSA) is 27.8 Å². The van der Waals surface area contributed by atoms with Crippen LogP contribution in [-0.2, 0) is 6.42 Å². The van der Waals surface area contributed by atoms with E-state index in [4.69, 9.17) is 0 Å². The van der Waals surface area contributed by atoms with Crippen molar-refractivity contribution in [2.24, 2.45) is 5.92 Å². The molecule has 0 saturated carbocycles. The second-order valence-corrected chi connectivity index (χ2v) is 6.50. The van der Waals surface area contributed by atoms with Gasteiger partial charge in [-0.3, -0.25) is 0 Å². The number of aromatic amines is 1. The van der Waals surface area contributed by atoms with Crippen molar-refractivity contribution in [1.29, 1.82) is 0 Å². The van der Waals surface area contributed by atoms with Gasteiger partial charge in [0.15, 0.2) is 0 Å². The molecule has 0 aliphatic rings. The van der Waals surface area contributed by atoms with E-state index in [1.807, 2.05) is 0 Å². The van der Waals surface area contributed by atoms with Gasteiger partial charge in [0, 0.05) is 28.5 Å². The third-order valence-corrected chi connectivity index (χ3v) is 4.10. The Morgan fingerprint density at radius 2 is 1.73 bits per heavy atom. The summed E-state index contributed by atoms with van der Waals surface area (Å²) in [5, 5.41) is 4.82. The van der Waals surface area contributed by atoms with Gasteiger partial charge in [-0.05, 0) is 61.6 Å². The number of fused-ring (bicyclic) bond motifs is 1. The maximum absolute atomic E-state index is 3.49. The third-order valence-electron chi connectivity index (χ3n) is 4.10. The van der Waals surface area contributed by atoms with Gasteiger partial charge in [-0.1, -0.05) is 31.5 Å². The van der Waals surface area contributed by atoms with Gasteiger partial charge in [-0.25, -0.2) is 0 Å². The number of H-pyrrole nitrogens is 1. The maximum Gasteiger partial charge on any atom is 0.0458 e. The summed E-state index contributed by atoms with van der Waals surface area (Å²) in [7, 11) is 0. The first-order valence-corrected chi connectivity index (χ1v) is 8.05. The van der Waals surface area contributed by atoms with E-state index < -0.39 is 0 Å². The van der Waals surface area contributed by atoms with Crippen molar-refractivity contribution in [2.45, 2.75) is 33.6 Å². The molecule has 0 saturated heterocycles. The highest BCUT2D eigenvalue weighted by atomic mass is 14.9. The van der Waals surface area contributed by atoms with E-state index in [0.717, 1.165) is 23.7 Å². The molecule has 3 rings (SSSR count). The van der Waals surface area contributed by atoms with Crippen LogP contribution < -0.4 is 5.32 Å². The normalized spacial score (nSPS) is 11.3. The highest BCUT2D eigenvalue weighted by Crippen LogP contribution is 2.26. The van der Waals surface area contributed by atoms with Gasteiger partial charge < -0.3 is 10.3 Å². The SMILES string of the molecule is Cc1ccc(Nc2ccc3[nH]cc(CCC(C)C)c3c2)cc1. The molecule has 0 fully saturated rings. The van der Waals surface area contributed by atoms with Gasteiger partial charge in [-0.2, -0.15) is 0 Å². The average Bonchev–Trinajstić information content (AvgIpc) is 2.90. The molecule has 2 heteroatoms. The van der Waals surface area contributed by atoms with Gasteiger partial charge in [0.25, 0.3) is 0 Å². The lowest BCUT2D eigenvalue weighted by molar-refractivity contribution is 0.588. The quantitative estimate of drug-likeness (QED) is 0.610. The Bertz CT molecular complexity index is 751. The van der Waals surface area contributed by atoms with Crippen LogP contribution >= 0.6 is 0 Å². The van der Waals surface area contributed by atoms with Crippen molar-refractivity contribution in [3.8, 4) is 0 Å². The zero-order chi connectivity index (χ0) is 15.5. The van der Waals surface area contributed by atoms with E-state index >= 15 is 0 Å². The molecule has 0 spiro atoms. The number of benzene rings is 2. The summed E-state index contributed by atoms with van der Waals surface area (Å²) >= 11 is 0. The Kier molecular flexibility index (Phi) is 4.19. The molecule has 1 aromatic heterocycles. The Hall–Kier alpha value is -2.22. The zero-order valence-electron chi connectivity index (χ0n) is 13.6. The third kappa shape index (κ3) is 3.33. The largest absolute Gasteiger partial charge is 0.361 e. The molecule has 22 heavy (non-hydrogen) atoms. The number of anilines is 2. The highest BCUT2D eigenvalue weighted by Gasteiger charge is 2.06. The molecule has 0 bridgehead atoms. The summed E-state index contributed by atoms with van der Waals surface area (Å²) in [4.78, 5) is 3.38. The smallest absolute Gasteiger partial charge is 0.0458 e. The lowest BCUT2D eigenvalue weighted by atomic mass is 10.0. The second kappa shape index (κ2) is 6.27. The zero-order valence-corrected chi connectivity index (χ0v) is 13.6. The number of rotatable bonds is 5. The molecule has 2 N–H and O–H groups in total. The molecule has 0 amide bonds. The molecule has 2 aromatic carbocycles. The van der Waals surface area contributed by atoms with Crippen LogP contribution in [0.4, 0.5) is 11.4 Å². The standard InChI is InChI=1S/C20H24N2/c1-14(2)4-7-16-13-21-20-11-10-18(12-19(16)20)22-17-8-5-15(3)6-9-17/h5-6,8-14,21-22H,4,7H2,1-3H3. The van der Waals surface area contributed by atoms with Crippen LogP contribution in [0.25, 0.3) is 10.9 Å². The highest BCUT2D eigenvalue weighted by molar-refractivity contribution is 5.87. The van der Waals surface area contributed by atoms with Crippen molar-refractivity contribution in [3.63, 3.8) is 0 Å². The Balaban J connectivity index is 1.84. The van der Waals surface area contributed by atoms with E-state index in [2.05, 4.69) is 79.7 Å². The van der Waals surface area contributed by atoms with Crippen LogP contribution in [0.2, 0.25) is 0 Å². The minimum absolute atomic E-state index is 0.735. The Labute approximate surface area is 132 Å². The van der Waals surface area contributed by atoms with Crippen LogP contribution in [-0.4, -0.2) is 4.98 Å². The first-order valence-electron chi connectivity index (χ1n) is 8.05. The number of aromatic nitrogens is 1. The van der Waals surface area contributed by atoms with E-state index in [9.17, 15) is 0 Å². The summed E-state index contributed by atoms with van der Waals surface area (Å²) in [6, 6.07) is 15.0. The Morgan fingerprint density at radius 1 is 1.00 bits per heavy atom. The van der Waals surface area contributed by atoms with Crippen molar-refractivity contribution < 1.29 is 0 Å². The molecule has 0 radical (unpaired) electrons. The maximum atomic E-state index is 3.49. The van der Waals surface area contributed by atoms with Crippen LogP contribution in [0.1, 0.15) is 31.4 Å². The molecule has 0 aliphatic heterocycles. The minimum atomic E-state index is 0.735. The summed E-state index contributed by atoms with van der Waals surface area (Å²) < 4.78 is 0. The summed E-state index contributed by atoms with van der Waals surface area (Å²) in [6.45, 7) is 6.66. The van der Waals surface area contributed by atoms with E-state index in [0.29, 0.717) is 0 Å². The monoisotopic (exact) mass is 292 g/mol. The summed E-state index contributed by atoms with van der Waals surface area (Å²) in [5.74, 6) is 0.735. The fraction of sp³-hybridized carbons (Fsp3) is 0.300. The molecule has 0 aliphatic carbocycles. The van der Waals surface area contributed by atoms with Crippen molar-refractivity contribution >= 4 is 22.3 Å². The fourth-order valence-corrected chi connectivity index (χ4v) is 2.71. The second-order valence-electron chi connectivity index (χ2n) is 6.50. The first kappa shape index (κ1) is 14.7.